The largest absolute Gasteiger partial charge is 0.447 e. The van der Waals surface area contributed by atoms with Crippen molar-refractivity contribution in [2.24, 2.45) is 10.9 Å². The smallest absolute Gasteiger partial charge is 0.271 e. The van der Waals surface area contributed by atoms with E-state index >= 15 is 0 Å². The molecule has 0 spiro atoms. The molecule has 11 heavy (non-hydrogen) atoms. The van der Waals surface area contributed by atoms with Gasteiger partial charge in [0.2, 0.25) is 5.09 Å². The summed E-state index contributed by atoms with van der Waals surface area (Å²) in [6.45, 7) is 0.162. The van der Waals surface area contributed by atoms with Gasteiger partial charge < -0.3 is 10.2 Å². The fraction of sp³-hybridized carbons (Fsp3) is 0.200. The molecule has 0 aliphatic rings. The molecule has 0 unspecified atom stereocenters. The maximum absolute atomic E-state index is 10.6. The van der Waals surface area contributed by atoms with Crippen LogP contribution in [-0.2, 0) is 16.6 Å². The summed E-state index contributed by atoms with van der Waals surface area (Å²) < 4.78 is 26.0. The molecule has 0 saturated carbocycles. The average molecular weight is 176 g/mol. The van der Waals surface area contributed by atoms with Gasteiger partial charge in [-0.25, -0.2) is 13.6 Å². The van der Waals surface area contributed by atoms with E-state index < -0.39 is 10.0 Å². The lowest BCUT2D eigenvalue weighted by Gasteiger charge is -1.89. The third-order valence-corrected chi connectivity index (χ3v) is 1.90. The van der Waals surface area contributed by atoms with Crippen molar-refractivity contribution in [1.29, 1.82) is 0 Å². The van der Waals surface area contributed by atoms with Gasteiger partial charge in [0.05, 0.1) is 6.54 Å². The van der Waals surface area contributed by atoms with Gasteiger partial charge in [-0.15, -0.1) is 0 Å². The Balaban J connectivity index is 3.09. The van der Waals surface area contributed by atoms with Crippen LogP contribution in [-0.4, -0.2) is 8.42 Å². The Hall–Kier alpha value is -0.850. The van der Waals surface area contributed by atoms with E-state index in [1.807, 2.05) is 0 Å². The lowest BCUT2D eigenvalue weighted by molar-refractivity contribution is 0.416. The zero-order valence-corrected chi connectivity index (χ0v) is 6.47. The summed E-state index contributed by atoms with van der Waals surface area (Å²) in [6.07, 6.45) is 0. The standard InChI is InChI=1S/C5H8N2O3S/c6-3-4-1-2-5(10-4)11(7,8)9/h1-2H,3,6H2,(H2,7,8,9). The summed E-state index contributed by atoms with van der Waals surface area (Å²) >= 11 is 0. The zero-order chi connectivity index (χ0) is 8.48. The predicted molar refractivity (Wildman–Crippen MR) is 38.0 cm³/mol. The molecule has 0 amide bonds. The van der Waals surface area contributed by atoms with Crippen LogP contribution < -0.4 is 10.9 Å². The van der Waals surface area contributed by atoms with E-state index in [-0.39, 0.29) is 11.6 Å². The highest BCUT2D eigenvalue weighted by molar-refractivity contribution is 7.89. The van der Waals surface area contributed by atoms with E-state index in [0.29, 0.717) is 5.76 Å². The van der Waals surface area contributed by atoms with Crippen molar-refractivity contribution < 1.29 is 12.8 Å². The molecular weight excluding hydrogens is 168 g/mol. The van der Waals surface area contributed by atoms with E-state index in [1.54, 1.807) is 0 Å². The van der Waals surface area contributed by atoms with E-state index in [2.05, 4.69) is 0 Å². The highest BCUT2D eigenvalue weighted by Crippen LogP contribution is 2.10. The normalized spacial score (nSPS) is 11.8. The van der Waals surface area contributed by atoms with Crippen molar-refractivity contribution in [3.05, 3.63) is 17.9 Å². The van der Waals surface area contributed by atoms with Gasteiger partial charge in [0.25, 0.3) is 10.0 Å². The Morgan fingerprint density at radius 3 is 2.36 bits per heavy atom. The minimum Gasteiger partial charge on any atom is -0.447 e. The van der Waals surface area contributed by atoms with Crippen LogP contribution in [0.1, 0.15) is 5.76 Å². The molecule has 1 aromatic rings. The van der Waals surface area contributed by atoms with Gasteiger partial charge in [0.15, 0.2) is 0 Å². The van der Waals surface area contributed by atoms with Crippen LogP contribution in [0.5, 0.6) is 0 Å². The molecule has 0 radical (unpaired) electrons. The number of furan rings is 1. The van der Waals surface area contributed by atoms with E-state index in [9.17, 15) is 8.42 Å². The first kappa shape index (κ1) is 8.25. The minimum atomic E-state index is -3.71. The first-order chi connectivity index (χ1) is 5.04. The molecule has 1 rings (SSSR count). The number of rotatable bonds is 2. The van der Waals surface area contributed by atoms with Crippen molar-refractivity contribution in [1.82, 2.24) is 0 Å². The van der Waals surface area contributed by atoms with Crippen molar-refractivity contribution >= 4 is 10.0 Å². The topological polar surface area (TPSA) is 99.3 Å². The van der Waals surface area contributed by atoms with Gasteiger partial charge in [-0.1, -0.05) is 0 Å². The summed E-state index contributed by atoms with van der Waals surface area (Å²) in [6, 6.07) is 2.75. The second kappa shape index (κ2) is 2.65. The Morgan fingerprint density at radius 1 is 1.45 bits per heavy atom. The van der Waals surface area contributed by atoms with Gasteiger partial charge >= 0.3 is 0 Å². The van der Waals surface area contributed by atoms with Gasteiger partial charge in [-0.05, 0) is 12.1 Å². The lowest BCUT2D eigenvalue weighted by atomic mass is 10.5. The maximum atomic E-state index is 10.6. The summed E-state index contributed by atoms with van der Waals surface area (Å²) in [7, 11) is -3.71. The van der Waals surface area contributed by atoms with Crippen LogP contribution in [0.15, 0.2) is 21.6 Å². The molecule has 0 aromatic carbocycles. The Bertz CT molecular complexity index is 340. The summed E-state index contributed by atoms with van der Waals surface area (Å²) in [4.78, 5) is 0. The van der Waals surface area contributed by atoms with Crippen LogP contribution in [0.3, 0.4) is 0 Å². The van der Waals surface area contributed by atoms with Crippen LogP contribution in [0.4, 0.5) is 0 Å². The summed E-state index contributed by atoms with van der Waals surface area (Å²) in [5.74, 6) is 0.397. The molecule has 0 bridgehead atoms. The third kappa shape index (κ3) is 1.79. The van der Waals surface area contributed by atoms with Crippen LogP contribution in [0, 0.1) is 0 Å². The molecule has 0 aliphatic heterocycles. The molecule has 1 aromatic heterocycles. The molecule has 0 atom stereocenters. The zero-order valence-electron chi connectivity index (χ0n) is 5.65. The maximum Gasteiger partial charge on any atom is 0.271 e. The third-order valence-electron chi connectivity index (χ3n) is 1.12. The molecule has 0 aliphatic carbocycles. The van der Waals surface area contributed by atoms with Crippen molar-refractivity contribution in [2.75, 3.05) is 0 Å². The van der Waals surface area contributed by atoms with Crippen molar-refractivity contribution in [2.45, 2.75) is 11.6 Å². The van der Waals surface area contributed by atoms with Gasteiger partial charge in [0, 0.05) is 0 Å². The monoisotopic (exact) mass is 176 g/mol. The molecule has 5 nitrogen and oxygen atoms in total. The number of sulfonamides is 1. The van der Waals surface area contributed by atoms with Crippen LogP contribution in [0.25, 0.3) is 0 Å². The summed E-state index contributed by atoms with van der Waals surface area (Å²) in [5.41, 5.74) is 5.18. The molecule has 0 saturated heterocycles. The van der Waals surface area contributed by atoms with E-state index in [4.69, 9.17) is 15.3 Å². The number of hydrogen-bond acceptors (Lipinski definition) is 4. The van der Waals surface area contributed by atoms with Crippen LogP contribution in [0.2, 0.25) is 0 Å². The molecular formula is C5H8N2O3S. The Labute approximate surface area is 64.0 Å². The first-order valence-electron chi connectivity index (χ1n) is 2.85. The average Bonchev–Trinajstić information content (AvgIpc) is 2.32. The quantitative estimate of drug-likeness (QED) is 0.627. The van der Waals surface area contributed by atoms with Gasteiger partial charge in [-0.2, -0.15) is 0 Å². The fourth-order valence-electron chi connectivity index (χ4n) is 0.621. The summed E-state index contributed by atoms with van der Waals surface area (Å²) in [5, 5.41) is 4.51. The SMILES string of the molecule is NCc1ccc(S(N)(=O)=O)o1. The molecule has 6 heteroatoms. The van der Waals surface area contributed by atoms with Gasteiger partial charge in [0.1, 0.15) is 5.76 Å². The fourth-order valence-corrected chi connectivity index (χ4v) is 1.10. The highest BCUT2D eigenvalue weighted by atomic mass is 32.2. The van der Waals surface area contributed by atoms with E-state index in [1.165, 1.54) is 12.1 Å². The molecule has 0 fully saturated rings. The number of hydrogen-bond donors (Lipinski definition) is 2. The highest BCUT2D eigenvalue weighted by Gasteiger charge is 2.11. The van der Waals surface area contributed by atoms with Gasteiger partial charge in [-0.3, -0.25) is 0 Å². The Kier molecular flexibility index (Phi) is 1.99. The predicted octanol–water partition coefficient (Wildman–Crippen LogP) is -0.614. The van der Waals surface area contributed by atoms with Crippen molar-refractivity contribution in [3.63, 3.8) is 0 Å². The van der Waals surface area contributed by atoms with Crippen molar-refractivity contribution in [3.8, 4) is 0 Å². The molecule has 62 valence electrons. The van der Waals surface area contributed by atoms with E-state index in [0.717, 1.165) is 0 Å². The second-order valence-corrected chi connectivity index (χ2v) is 3.46. The first-order valence-corrected chi connectivity index (χ1v) is 4.40. The van der Waals surface area contributed by atoms with Crippen LogP contribution >= 0.6 is 0 Å². The number of nitrogens with two attached hydrogens (primary N) is 2. The number of primary sulfonamides is 1. The second-order valence-electron chi connectivity index (χ2n) is 1.97. The molecule has 4 N–H and O–H groups in total. The minimum absolute atomic E-state index is 0.162. The Morgan fingerprint density at radius 2 is 2.09 bits per heavy atom. The lowest BCUT2D eigenvalue weighted by Crippen LogP contribution is -2.10. The molecule has 1 heterocycles.